The molecule has 0 fully saturated rings. The summed E-state index contributed by atoms with van der Waals surface area (Å²) >= 11 is 12.3. The van der Waals surface area contributed by atoms with Crippen molar-refractivity contribution >= 4 is 63.4 Å². The second-order valence-electron chi connectivity index (χ2n) is 6.97. The van der Waals surface area contributed by atoms with Gasteiger partial charge in [-0.15, -0.1) is 0 Å². The minimum absolute atomic E-state index is 0.185. The molecular formula is C25H18Cl2N4O2. The summed E-state index contributed by atoms with van der Waals surface area (Å²) in [4.78, 5) is 29.4. The number of pyridine rings is 1. The molecule has 164 valence electrons. The van der Waals surface area contributed by atoms with Crippen molar-refractivity contribution in [2.45, 2.75) is 0 Å². The van der Waals surface area contributed by atoms with Gasteiger partial charge in [-0.1, -0.05) is 71.7 Å². The summed E-state index contributed by atoms with van der Waals surface area (Å²) < 4.78 is 0. The van der Waals surface area contributed by atoms with Crippen molar-refractivity contribution in [3.8, 4) is 0 Å². The van der Waals surface area contributed by atoms with E-state index >= 15 is 0 Å². The predicted octanol–water partition coefficient (Wildman–Crippen LogP) is 5.95. The summed E-state index contributed by atoms with van der Waals surface area (Å²) in [6.07, 6.45) is 4.73. The Morgan fingerprint density at radius 3 is 2.30 bits per heavy atom. The summed E-state index contributed by atoms with van der Waals surface area (Å²) in [5, 5.41) is 4.02. The molecule has 8 heteroatoms. The molecule has 4 rings (SSSR count). The molecule has 33 heavy (non-hydrogen) atoms. The summed E-state index contributed by atoms with van der Waals surface area (Å²) in [5.74, 6) is -0.765. The highest BCUT2D eigenvalue weighted by atomic mass is 35.5. The van der Waals surface area contributed by atoms with Gasteiger partial charge in [0, 0.05) is 17.7 Å². The van der Waals surface area contributed by atoms with Crippen LogP contribution in [0.15, 0.2) is 85.1 Å². The maximum atomic E-state index is 12.8. The zero-order valence-electron chi connectivity index (χ0n) is 17.2. The predicted molar refractivity (Wildman–Crippen MR) is 133 cm³/mol. The highest BCUT2D eigenvalue weighted by molar-refractivity contribution is 6.40. The van der Waals surface area contributed by atoms with Crippen molar-refractivity contribution in [3.05, 3.63) is 106 Å². The van der Waals surface area contributed by atoms with E-state index in [9.17, 15) is 9.59 Å². The molecule has 0 saturated carbocycles. The largest absolute Gasteiger partial charge is 0.320 e. The number of hydrazine groups is 1. The highest BCUT2D eigenvalue weighted by Gasteiger charge is 2.16. The average Bonchev–Trinajstić information content (AvgIpc) is 2.82. The van der Waals surface area contributed by atoms with Gasteiger partial charge in [0.2, 0.25) is 0 Å². The van der Waals surface area contributed by atoms with Gasteiger partial charge in [0.25, 0.3) is 11.8 Å². The molecule has 3 N–H and O–H groups in total. The molecule has 0 spiro atoms. The van der Waals surface area contributed by atoms with Gasteiger partial charge in [-0.3, -0.25) is 25.4 Å². The van der Waals surface area contributed by atoms with Gasteiger partial charge in [-0.05, 0) is 35.9 Å². The lowest BCUT2D eigenvalue weighted by molar-refractivity contribution is -0.115. The number of nitrogens with one attached hydrogen (secondary N) is 3. The van der Waals surface area contributed by atoms with Crippen LogP contribution in [0.2, 0.25) is 10.0 Å². The number of hydrogen-bond acceptors (Lipinski definition) is 4. The minimum atomic E-state index is -0.447. The van der Waals surface area contributed by atoms with E-state index in [1.54, 1.807) is 48.7 Å². The molecule has 4 aromatic rings. The van der Waals surface area contributed by atoms with E-state index in [2.05, 4.69) is 21.2 Å². The number of nitrogens with zero attached hydrogens (tertiary/aromatic N) is 1. The number of rotatable bonds is 6. The molecular weight excluding hydrogens is 459 g/mol. The first kappa shape index (κ1) is 22.3. The van der Waals surface area contributed by atoms with E-state index in [0.717, 1.165) is 5.56 Å². The quantitative estimate of drug-likeness (QED) is 0.237. The molecule has 0 aliphatic carbocycles. The molecule has 0 radical (unpaired) electrons. The Morgan fingerprint density at radius 1 is 0.818 bits per heavy atom. The first-order valence-electron chi connectivity index (χ1n) is 9.95. The molecule has 0 bridgehead atoms. The fourth-order valence-electron chi connectivity index (χ4n) is 3.19. The topological polar surface area (TPSA) is 83.1 Å². The molecule has 0 aliphatic heterocycles. The van der Waals surface area contributed by atoms with Crippen molar-refractivity contribution in [3.63, 3.8) is 0 Å². The van der Waals surface area contributed by atoms with Gasteiger partial charge in [-0.25, -0.2) is 0 Å². The van der Waals surface area contributed by atoms with Crippen LogP contribution in [-0.2, 0) is 4.79 Å². The third kappa shape index (κ3) is 5.31. The standard InChI is InChI=1S/C25H18Cl2N4O2/c26-18-9-5-10-19(27)23(18)25(33)29-21-11-4-8-17-20(14-15-28-24(17)21)30-31-22(32)13-12-16-6-2-1-3-7-16/h1-15H,(H,28,30)(H,29,33)(H,31,32). The first-order chi connectivity index (χ1) is 16.0. The number of amides is 2. The van der Waals surface area contributed by atoms with Gasteiger partial charge < -0.3 is 5.32 Å². The molecule has 0 atom stereocenters. The van der Waals surface area contributed by atoms with Gasteiger partial charge in [-0.2, -0.15) is 0 Å². The third-order valence-corrected chi connectivity index (χ3v) is 5.39. The molecule has 2 amide bonds. The molecule has 1 heterocycles. The zero-order chi connectivity index (χ0) is 23.2. The van der Waals surface area contributed by atoms with E-state index in [1.165, 1.54) is 6.08 Å². The maximum Gasteiger partial charge on any atom is 0.262 e. The van der Waals surface area contributed by atoms with Gasteiger partial charge in [0.05, 0.1) is 32.5 Å². The van der Waals surface area contributed by atoms with Crippen LogP contribution in [0, 0.1) is 0 Å². The lowest BCUT2D eigenvalue weighted by Gasteiger charge is -2.13. The SMILES string of the molecule is O=C(C=Cc1ccccc1)NNc1ccnc2c(NC(=O)c3c(Cl)cccc3Cl)cccc12. The Kier molecular flexibility index (Phi) is 6.88. The van der Waals surface area contributed by atoms with Crippen LogP contribution < -0.4 is 16.2 Å². The number of halogens is 2. The summed E-state index contributed by atoms with van der Waals surface area (Å²) in [6.45, 7) is 0. The molecule has 6 nitrogen and oxygen atoms in total. The van der Waals surface area contributed by atoms with Crippen LogP contribution in [-0.4, -0.2) is 16.8 Å². The van der Waals surface area contributed by atoms with Crippen molar-refractivity contribution in [2.24, 2.45) is 0 Å². The van der Waals surface area contributed by atoms with Gasteiger partial charge in [0.15, 0.2) is 0 Å². The van der Waals surface area contributed by atoms with Crippen molar-refractivity contribution in [2.75, 3.05) is 10.7 Å². The third-order valence-electron chi connectivity index (χ3n) is 4.76. The first-order valence-corrected chi connectivity index (χ1v) is 10.7. The maximum absolute atomic E-state index is 12.8. The Morgan fingerprint density at radius 2 is 1.55 bits per heavy atom. The second-order valence-corrected chi connectivity index (χ2v) is 7.78. The fourth-order valence-corrected chi connectivity index (χ4v) is 3.76. The Balaban J connectivity index is 1.52. The van der Waals surface area contributed by atoms with Crippen LogP contribution in [0.4, 0.5) is 11.4 Å². The van der Waals surface area contributed by atoms with Gasteiger partial charge >= 0.3 is 0 Å². The van der Waals surface area contributed by atoms with E-state index in [1.807, 2.05) is 36.4 Å². The monoisotopic (exact) mass is 476 g/mol. The normalized spacial score (nSPS) is 10.8. The Labute approximate surface area is 200 Å². The lowest BCUT2D eigenvalue weighted by Crippen LogP contribution is -2.27. The van der Waals surface area contributed by atoms with Gasteiger partial charge in [0.1, 0.15) is 0 Å². The van der Waals surface area contributed by atoms with Crippen molar-refractivity contribution in [1.82, 2.24) is 10.4 Å². The number of carbonyl (C=O) groups excluding carboxylic acids is 2. The summed E-state index contributed by atoms with van der Waals surface area (Å²) in [5.41, 5.74) is 8.28. The van der Waals surface area contributed by atoms with E-state index in [4.69, 9.17) is 23.2 Å². The molecule has 0 aliphatic rings. The molecule has 0 saturated heterocycles. The zero-order valence-corrected chi connectivity index (χ0v) is 18.7. The minimum Gasteiger partial charge on any atom is -0.320 e. The van der Waals surface area contributed by atoms with Crippen LogP contribution in [0.25, 0.3) is 17.0 Å². The number of para-hydroxylation sites is 1. The van der Waals surface area contributed by atoms with E-state index < -0.39 is 5.91 Å². The number of hydrogen-bond donors (Lipinski definition) is 3. The molecule has 0 unspecified atom stereocenters. The Bertz CT molecular complexity index is 1340. The molecule has 1 aromatic heterocycles. The van der Waals surface area contributed by atoms with E-state index in [-0.39, 0.29) is 21.5 Å². The molecule has 3 aromatic carbocycles. The smallest absolute Gasteiger partial charge is 0.262 e. The average molecular weight is 477 g/mol. The second kappa shape index (κ2) is 10.2. The van der Waals surface area contributed by atoms with Crippen LogP contribution in [0.5, 0.6) is 0 Å². The van der Waals surface area contributed by atoms with Crippen LogP contribution in [0.1, 0.15) is 15.9 Å². The number of carbonyl (C=O) groups is 2. The summed E-state index contributed by atoms with van der Waals surface area (Å²) in [6, 6.07) is 21.4. The van der Waals surface area contributed by atoms with Crippen LogP contribution >= 0.6 is 23.2 Å². The number of benzene rings is 3. The number of anilines is 2. The highest BCUT2D eigenvalue weighted by Crippen LogP contribution is 2.29. The van der Waals surface area contributed by atoms with E-state index in [0.29, 0.717) is 22.3 Å². The lowest BCUT2D eigenvalue weighted by atomic mass is 10.1. The number of aromatic nitrogens is 1. The summed E-state index contributed by atoms with van der Waals surface area (Å²) in [7, 11) is 0. The van der Waals surface area contributed by atoms with Crippen molar-refractivity contribution < 1.29 is 9.59 Å². The Hall–Kier alpha value is -3.87. The van der Waals surface area contributed by atoms with Crippen LogP contribution in [0.3, 0.4) is 0 Å². The number of fused-ring (bicyclic) bond motifs is 1. The van der Waals surface area contributed by atoms with Crippen molar-refractivity contribution in [1.29, 1.82) is 0 Å². The fraction of sp³-hybridized carbons (Fsp3) is 0.